The van der Waals surface area contributed by atoms with Crippen LogP contribution in [0.2, 0.25) is 0 Å². The van der Waals surface area contributed by atoms with Crippen LogP contribution in [0.15, 0.2) is 75.9 Å². The van der Waals surface area contributed by atoms with Crippen LogP contribution in [0, 0.1) is 6.92 Å². The Balaban J connectivity index is 2.22. The van der Waals surface area contributed by atoms with Gasteiger partial charge in [-0.05, 0) is 24.1 Å². The summed E-state index contributed by atoms with van der Waals surface area (Å²) in [5, 5.41) is 0. The lowest BCUT2D eigenvalue weighted by Gasteiger charge is -2.07. The number of benzene rings is 2. The molecule has 1 heterocycles. The van der Waals surface area contributed by atoms with Crippen LogP contribution in [0.25, 0.3) is 22.5 Å². The summed E-state index contributed by atoms with van der Waals surface area (Å²) in [6.45, 7) is 1.79. The minimum absolute atomic E-state index is 0.287. The Labute approximate surface area is 117 Å². The van der Waals surface area contributed by atoms with Crippen molar-refractivity contribution in [1.82, 2.24) is 0 Å². The Morgan fingerprint density at radius 2 is 1.35 bits per heavy atom. The van der Waals surface area contributed by atoms with Crippen molar-refractivity contribution in [2.45, 2.75) is 6.92 Å². The van der Waals surface area contributed by atoms with E-state index in [4.69, 9.17) is 4.42 Å². The third-order valence-electron chi connectivity index (χ3n) is 3.33. The van der Waals surface area contributed by atoms with Crippen molar-refractivity contribution >= 4 is 0 Å². The van der Waals surface area contributed by atoms with Crippen LogP contribution in [0.5, 0.6) is 0 Å². The molecule has 0 amide bonds. The third kappa shape index (κ3) is 2.28. The first kappa shape index (κ1) is 12.4. The topological polar surface area (TPSA) is 30.2 Å². The molecule has 0 N–H and O–H groups in total. The monoisotopic (exact) mass is 262 g/mol. The van der Waals surface area contributed by atoms with E-state index < -0.39 is 0 Å². The van der Waals surface area contributed by atoms with Crippen molar-refractivity contribution in [3.8, 4) is 22.5 Å². The zero-order valence-corrected chi connectivity index (χ0v) is 11.2. The molecule has 0 aliphatic carbocycles. The standard InChI is InChI=1S/C18H14O2/c1-13-16(14-8-4-2-5-9-14)12-17(20-18(13)19)15-10-6-3-7-11-15/h2-12H,1H3. The van der Waals surface area contributed by atoms with E-state index in [1.165, 1.54) is 0 Å². The molecule has 0 spiro atoms. The van der Waals surface area contributed by atoms with Crippen LogP contribution < -0.4 is 5.63 Å². The number of hydrogen-bond donors (Lipinski definition) is 0. The maximum absolute atomic E-state index is 12.0. The molecule has 0 saturated heterocycles. The van der Waals surface area contributed by atoms with Crippen LogP contribution in [-0.2, 0) is 0 Å². The average Bonchev–Trinajstić information content (AvgIpc) is 2.51. The Bertz CT molecular complexity index is 772. The Hall–Kier alpha value is -2.61. The third-order valence-corrected chi connectivity index (χ3v) is 3.33. The maximum atomic E-state index is 12.0. The summed E-state index contributed by atoms with van der Waals surface area (Å²) in [6, 6.07) is 21.5. The highest BCUT2D eigenvalue weighted by Crippen LogP contribution is 2.26. The molecular formula is C18H14O2. The summed E-state index contributed by atoms with van der Waals surface area (Å²) in [7, 11) is 0. The van der Waals surface area contributed by atoms with Crippen molar-refractivity contribution in [1.29, 1.82) is 0 Å². The second-order valence-electron chi connectivity index (χ2n) is 4.67. The summed E-state index contributed by atoms with van der Waals surface area (Å²) in [6.07, 6.45) is 0. The van der Waals surface area contributed by atoms with Gasteiger partial charge in [-0.15, -0.1) is 0 Å². The van der Waals surface area contributed by atoms with Crippen LogP contribution in [-0.4, -0.2) is 0 Å². The molecule has 1 aromatic heterocycles. The Morgan fingerprint density at radius 1 is 0.800 bits per heavy atom. The van der Waals surface area contributed by atoms with Gasteiger partial charge in [0.1, 0.15) is 5.76 Å². The van der Waals surface area contributed by atoms with Gasteiger partial charge in [0.25, 0.3) is 0 Å². The Kier molecular flexibility index (Phi) is 3.21. The molecule has 0 aliphatic heterocycles. The van der Waals surface area contributed by atoms with E-state index in [9.17, 15) is 4.79 Å². The largest absolute Gasteiger partial charge is 0.422 e. The lowest BCUT2D eigenvalue weighted by atomic mass is 10.0. The van der Waals surface area contributed by atoms with E-state index in [1.807, 2.05) is 66.7 Å². The highest BCUT2D eigenvalue weighted by molar-refractivity contribution is 5.71. The smallest absolute Gasteiger partial charge is 0.339 e. The van der Waals surface area contributed by atoms with E-state index in [0.29, 0.717) is 11.3 Å². The van der Waals surface area contributed by atoms with Crippen LogP contribution in [0.3, 0.4) is 0 Å². The molecule has 98 valence electrons. The number of rotatable bonds is 2. The van der Waals surface area contributed by atoms with Gasteiger partial charge in [0, 0.05) is 11.1 Å². The molecule has 3 rings (SSSR count). The fourth-order valence-corrected chi connectivity index (χ4v) is 2.22. The molecule has 0 bridgehead atoms. The van der Waals surface area contributed by atoms with Gasteiger partial charge >= 0.3 is 5.63 Å². The molecule has 3 aromatic rings. The fourth-order valence-electron chi connectivity index (χ4n) is 2.22. The normalized spacial score (nSPS) is 10.4. The Morgan fingerprint density at radius 3 is 1.95 bits per heavy atom. The van der Waals surface area contributed by atoms with Gasteiger partial charge in [-0.1, -0.05) is 60.7 Å². The second-order valence-corrected chi connectivity index (χ2v) is 4.67. The van der Waals surface area contributed by atoms with Gasteiger partial charge < -0.3 is 4.42 Å². The van der Waals surface area contributed by atoms with E-state index in [0.717, 1.165) is 16.7 Å². The maximum Gasteiger partial charge on any atom is 0.339 e. The predicted molar refractivity (Wildman–Crippen MR) is 80.6 cm³/mol. The fraction of sp³-hybridized carbons (Fsp3) is 0.0556. The van der Waals surface area contributed by atoms with Crippen LogP contribution in [0.4, 0.5) is 0 Å². The molecule has 0 fully saturated rings. The van der Waals surface area contributed by atoms with Gasteiger partial charge in [0.2, 0.25) is 0 Å². The average molecular weight is 262 g/mol. The van der Waals surface area contributed by atoms with Crippen molar-refractivity contribution < 1.29 is 4.42 Å². The minimum Gasteiger partial charge on any atom is -0.422 e. The first-order valence-corrected chi connectivity index (χ1v) is 6.51. The molecule has 20 heavy (non-hydrogen) atoms. The second kappa shape index (κ2) is 5.17. The van der Waals surface area contributed by atoms with Gasteiger partial charge in [-0.2, -0.15) is 0 Å². The van der Waals surface area contributed by atoms with Crippen molar-refractivity contribution in [2.75, 3.05) is 0 Å². The van der Waals surface area contributed by atoms with Crippen LogP contribution in [0.1, 0.15) is 5.56 Å². The summed E-state index contributed by atoms with van der Waals surface area (Å²) < 4.78 is 5.40. The van der Waals surface area contributed by atoms with Crippen molar-refractivity contribution in [2.24, 2.45) is 0 Å². The van der Waals surface area contributed by atoms with Gasteiger partial charge in [-0.3, -0.25) is 0 Å². The van der Waals surface area contributed by atoms with E-state index in [1.54, 1.807) is 6.92 Å². The molecular weight excluding hydrogens is 248 g/mol. The first-order chi connectivity index (χ1) is 9.75. The molecule has 2 nitrogen and oxygen atoms in total. The SMILES string of the molecule is Cc1c(-c2ccccc2)cc(-c2ccccc2)oc1=O. The van der Waals surface area contributed by atoms with Crippen LogP contribution >= 0.6 is 0 Å². The predicted octanol–water partition coefficient (Wildman–Crippen LogP) is 4.28. The minimum atomic E-state index is -0.287. The van der Waals surface area contributed by atoms with E-state index in [2.05, 4.69) is 0 Å². The zero-order valence-electron chi connectivity index (χ0n) is 11.2. The molecule has 0 unspecified atom stereocenters. The molecule has 0 aliphatic rings. The zero-order chi connectivity index (χ0) is 13.9. The summed E-state index contributed by atoms with van der Waals surface area (Å²) in [4.78, 5) is 12.0. The van der Waals surface area contributed by atoms with Crippen molar-refractivity contribution in [3.05, 3.63) is 82.7 Å². The molecule has 0 atom stereocenters. The van der Waals surface area contributed by atoms with Gasteiger partial charge in [0.05, 0.1) is 0 Å². The quantitative estimate of drug-likeness (QED) is 0.690. The lowest BCUT2D eigenvalue weighted by molar-refractivity contribution is 0.521. The van der Waals surface area contributed by atoms with E-state index >= 15 is 0 Å². The van der Waals surface area contributed by atoms with Gasteiger partial charge in [0.15, 0.2) is 0 Å². The lowest BCUT2D eigenvalue weighted by Crippen LogP contribution is -2.05. The van der Waals surface area contributed by atoms with Crippen molar-refractivity contribution in [3.63, 3.8) is 0 Å². The summed E-state index contributed by atoms with van der Waals surface area (Å²) in [5.74, 6) is 0.597. The molecule has 0 radical (unpaired) electrons. The molecule has 2 heteroatoms. The first-order valence-electron chi connectivity index (χ1n) is 6.51. The summed E-state index contributed by atoms with van der Waals surface area (Å²) in [5.41, 5.74) is 3.19. The summed E-state index contributed by atoms with van der Waals surface area (Å²) >= 11 is 0. The van der Waals surface area contributed by atoms with Gasteiger partial charge in [-0.25, -0.2) is 4.79 Å². The van der Waals surface area contributed by atoms with E-state index in [-0.39, 0.29) is 5.63 Å². The number of hydrogen-bond acceptors (Lipinski definition) is 2. The highest BCUT2D eigenvalue weighted by atomic mass is 16.4. The molecule has 0 saturated carbocycles. The highest BCUT2D eigenvalue weighted by Gasteiger charge is 2.10. The molecule has 2 aromatic carbocycles.